The minimum atomic E-state index is -0.574. The maximum atomic E-state index is 13.8. The molecule has 0 radical (unpaired) electrons. The fraction of sp³-hybridized carbons (Fsp3) is 0.0909. The Hall–Kier alpha value is -4.18. The van der Waals surface area contributed by atoms with Gasteiger partial charge < -0.3 is 14.5 Å². The molecule has 0 bridgehead atoms. The highest BCUT2D eigenvalue weighted by molar-refractivity contribution is 6.33. The number of nitrogens with one attached hydrogen (secondary N) is 1. The molecule has 33 heavy (non-hydrogen) atoms. The highest BCUT2D eigenvalue weighted by atomic mass is 35.5. The number of aromatic nitrogens is 2. The quantitative estimate of drug-likeness (QED) is 0.284. The van der Waals surface area contributed by atoms with Crippen LogP contribution < -0.4 is 10.1 Å². The van der Waals surface area contributed by atoms with E-state index in [2.05, 4.69) is 10.4 Å². The highest BCUT2D eigenvalue weighted by Gasteiger charge is 2.16. The number of amides is 1. The molecule has 1 N–H and O–H groups in total. The largest absolute Gasteiger partial charge is 0.486 e. The van der Waals surface area contributed by atoms with Crippen LogP contribution in [0.5, 0.6) is 5.75 Å². The summed E-state index contributed by atoms with van der Waals surface area (Å²) in [6.07, 6.45) is 1.48. The first kappa shape index (κ1) is 22.0. The monoisotopic (exact) mass is 470 g/mol. The smallest absolute Gasteiger partial charge is 0.292 e. The number of nitro benzene ring substituents is 1. The lowest BCUT2D eigenvalue weighted by atomic mass is 10.2. The number of furan rings is 1. The van der Waals surface area contributed by atoms with Gasteiger partial charge in [-0.15, -0.1) is 0 Å². The summed E-state index contributed by atoms with van der Waals surface area (Å²) in [6, 6.07) is 14.9. The summed E-state index contributed by atoms with van der Waals surface area (Å²) in [5.41, 5.74) is 0.382. The molecule has 4 rings (SSSR count). The van der Waals surface area contributed by atoms with Crippen molar-refractivity contribution in [2.75, 3.05) is 5.32 Å². The maximum absolute atomic E-state index is 13.8. The zero-order chi connectivity index (χ0) is 23.4. The molecule has 0 spiro atoms. The van der Waals surface area contributed by atoms with E-state index < -0.39 is 10.8 Å². The van der Waals surface area contributed by atoms with Gasteiger partial charge >= 0.3 is 0 Å². The van der Waals surface area contributed by atoms with E-state index in [4.69, 9.17) is 20.8 Å². The van der Waals surface area contributed by atoms with Gasteiger partial charge in [0.1, 0.15) is 29.0 Å². The first-order chi connectivity index (χ1) is 15.9. The van der Waals surface area contributed by atoms with Gasteiger partial charge in [-0.2, -0.15) is 5.10 Å². The molecule has 0 fully saturated rings. The molecule has 0 unspecified atom stereocenters. The number of halogens is 2. The second-order valence-electron chi connectivity index (χ2n) is 6.87. The molecule has 2 heterocycles. The molecular weight excluding hydrogens is 455 g/mol. The Morgan fingerprint density at radius 2 is 1.94 bits per heavy atom. The van der Waals surface area contributed by atoms with Crippen molar-refractivity contribution < 1.29 is 23.3 Å². The third-order valence-corrected chi connectivity index (χ3v) is 4.83. The number of hydrogen-bond acceptors (Lipinski definition) is 6. The van der Waals surface area contributed by atoms with Crippen molar-refractivity contribution in [2.45, 2.75) is 13.2 Å². The zero-order valence-corrected chi connectivity index (χ0v) is 17.7. The van der Waals surface area contributed by atoms with Crippen LogP contribution in [0.25, 0.3) is 0 Å². The second kappa shape index (κ2) is 9.53. The van der Waals surface area contributed by atoms with E-state index >= 15 is 0 Å². The van der Waals surface area contributed by atoms with Gasteiger partial charge in [0, 0.05) is 23.9 Å². The van der Waals surface area contributed by atoms with Gasteiger partial charge in [0.15, 0.2) is 11.6 Å². The van der Waals surface area contributed by atoms with Crippen LogP contribution in [-0.2, 0) is 13.2 Å². The highest BCUT2D eigenvalue weighted by Crippen LogP contribution is 2.22. The Kier molecular flexibility index (Phi) is 6.36. The van der Waals surface area contributed by atoms with Crippen LogP contribution >= 0.6 is 11.6 Å². The fourth-order valence-corrected chi connectivity index (χ4v) is 3.13. The molecule has 168 valence electrons. The molecule has 2 aromatic heterocycles. The number of nitrogens with zero attached hydrogens (tertiary/aromatic N) is 3. The Morgan fingerprint density at radius 3 is 2.67 bits per heavy atom. The number of non-ortho nitro benzene ring substituents is 1. The first-order valence-corrected chi connectivity index (χ1v) is 10.0. The Balaban J connectivity index is 1.36. The van der Waals surface area contributed by atoms with Gasteiger partial charge in [-0.25, -0.2) is 4.39 Å². The molecule has 0 atom stereocenters. The number of ether oxygens (including phenoxy) is 1. The lowest BCUT2D eigenvalue weighted by Crippen LogP contribution is -2.12. The predicted molar refractivity (Wildman–Crippen MR) is 117 cm³/mol. The van der Waals surface area contributed by atoms with Gasteiger partial charge in [0.2, 0.25) is 0 Å². The van der Waals surface area contributed by atoms with E-state index in [0.717, 1.165) is 0 Å². The number of hydrogen-bond donors (Lipinski definition) is 1. The summed E-state index contributed by atoms with van der Waals surface area (Å²) in [5.74, 6) is -0.0386. The molecule has 9 nitrogen and oxygen atoms in total. The normalized spacial score (nSPS) is 10.7. The van der Waals surface area contributed by atoms with Crippen LogP contribution in [-0.4, -0.2) is 20.6 Å². The second-order valence-corrected chi connectivity index (χ2v) is 7.28. The van der Waals surface area contributed by atoms with Crippen LogP contribution in [0.3, 0.4) is 0 Å². The standard InChI is InChI=1S/C22H16ClFN4O5/c23-18-12-27(11-14-3-1-2-4-19(14)24)26-21(18)25-22(29)20-10-9-17(33-20)13-32-16-7-5-15(6-8-16)28(30)31/h1-10,12H,11,13H2,(H,25,26,29). The Morgan fingerprint density at radius 1 is 1.18 bits per heavy atom. The van der Waals surface area contributed by atoms with Gasteiger partial charge in [-0.1, -0.05) is 29.8 Å². The number of rotatable bonds is 8. The van der Waals surface area contributed by atoms with Crippen molar-refractivity contribution in [1.29, 1.82) is 0 Å². The number of anilines is 1. The molecule has 0 saturated carbocycles. The SMILES string of the molecule is O=C(Nc1nn(Cc2ccccc2F)cc1Cl)c1ccc(COc2ccc([N+](=O)[O-])cc2)o1. The molecule has 4 aromatic rings. The van der Waals surface area contributed by atoms with Crippen molar-refractivity contribution >= 4 is 29.0 Å². The number of nitro groups is 1. The molecule has 11 heteroatoms. The summed E-state index contributed by atoms with van der Waals surface area (Å²) in [6.45, 7) is 0.163. The summed E-state index contributed by atoms with van der Waals surface area (Å²) >= 11 is 6.15. The van der Waals surface area contributed by atoms with E-state index in [1.165, 1.54) is 47.3 Å². The van der Waals surface area contributed by atoms with Gasteiger partial charge in [-0.3, -0.25) is 19.6 Å². The van der Waals surface area contributed by atoms with Crippen molar-refractivity contribution in [3.05, 3.63) is 105 Å². The van der Waals surface area contributed by atoms with Crippen molar-refractivity contribution in [2.24, 2.45) is 0 Å². The van der Waals surface area contributed by atoms with Gasteiger partial charge in [0.25, 0.3) is 11.6 Å². The van der Waals surface area contributed by atoms with E-state index in [-0.39, 0.29) is 41.3 Å². The van der Waals surface area contributed by atoms with Crippen LogP contribution in [0.1, 0.15) is 21.9 Å². The van der Waals surface area contributed by atoms with E-state index in [9.17, 15) is 19.3 Å². The molecule has 0 aliphatic carbocycles. The van der Waals surface area contributed by atoms with Crippen LogP contribution in [0, 0.1) is 15.9 Å². The Bertz CT molecular complexity index is 1300. The van der Waals surface area contributed by atoms with Crippen molar-refractivity contribution in [1.82, 2.24) is 9.78 Å². The van der Waals surface area contributed by atoms with Crippen molar-refractivity contribution in [3.8, 4) is 5.75 Å². The topological polar surface area (TPSA) is 112 Å². The van der Waals surface area contributed by atoms with Crippen LogP contribution in [0.15, 0.2) is 71.3 Å². The average molecular weight is 471 g/mol. The molecule has 0 saturated heterocycles. The molecular formula is C22H16ClFN4O5. The zero-order valence-electron chi connectivity index (χ0n) is 16.9. The van der Waals surface area contributed by atoms with Gasteiger partial charge in [0.05, 0.1) is 11.5 Å². The van der Waals surface area contributed by atoms with Crippen LogP contribution in [0.4, 0.5) is 15.9 Å². The minimum Gasteiger partial charge on any atom is -0.486 e. The Labute approximate surface area is 191 Å². The molecule has 1 amide bonds. The third kappa shape index (κ3) is 5.36. The summed E-state index contributed by atoms with van der Waals surface area (Å²) in [4.78, 5) is 22.7. The summed E-state index contributed by atoms with van der Waals surface area (Å²) < 4.78 is 26.3. The average Bonchev–Trinajstić information content (AvgIpc) is 3.41. The van der Waals surface area contributed by atoms with Crippen LogP contribution in [0.2, 0.25) is 5.02 Å². The number of carbonyl (C=O) groups excluding carboxylic acids is 1. The third-order valence-electron chi connectivity index (χ3n) is 4.55. The molecule has 0 aliphatic rings. The fourth-order valence-electron chi connectivity index (χ4n) is 2.93. The minimum absolute atomic E-state index is 0.0111. The maximum Gasteiger partial charge on any atom is 0.292 e. The van der Waals surface area contributed by atoms with E-state index in [0.29, 0.717) is 17.1 Å². The van der Waals surface area contributed by atoms with E-state index in [1.54, 1.807) is 24.3 Å². The summed E-state index contributed by atoms with van der Waals surface area (Å²) in [5, 5.41) is 17.6. The number of carbonyl (C=O) groups is 1. The first-order valence-electron chi connectivity index (χ1n) is 9.63. The lowest BCUT2D eigenvalue weighted by Gasteiger charge is -2.04. The van der Waals surface area contributed by atoms with Gasteiger partial charge in [-0.05, 0) is 30.3 Å². The number of benzene rings is 2. The summed E-state index contributed by atoms with van der Waals surface area (Å²) in [7, 11) is 0. The van der Waals surface area contributed by atoms with E-state index in [1.807, 2.05) is 0 Å². The molecule has 0 aliphatic heterocycles. The molecule has 2 aromatic carbocycles. The lowest BCUT2D eigenvalue weighted by molar-refractivity contribution is -0.384. The van der Waals surface area contributed by atoms with Crippen molar-refractivity contribution in [3.63, 3.8) is 0 Å². The predicted octanol–water partition coefficient (Wildman–Crippen LogP) is 5.06.